The SMILES string of the molecule is Cc1cccc(OCc2nnc(C3(c4ccc(Cl)cc4)CCOCC3)o2)c1. The molecule has 5 nitrogen and oxygen atoms in total. The molecular formula is C21H21ClN2O3. The summed E-state index contributed by atoms with van der Waals surface area (Å²) in [7, 11) is 0. The third-order valence-corrected chi connectivity index (χ3v) is 5.22. The molecule has 1 fully saturated rings. The van der Waals surface area contributed by atoms with Crippen molar-refractivity contribution in [1.82, 2.24) is 10.2 Å². The molecule has 0 atom stereocenters. The number of halogens is 1. The van der Waals surface area contributed by atoms with E-state index in [2.05, 4.69) is 10.2 Å². The first kappa shape index (κ1) is 18.0. The molecule has 0 radical (unpaired) electrons. The summed E-state index contributed by atoms with van der Waals surface area (Å²) >= 11 is 6.06. The van der Waals surface area contributed by atoms with Gasteiger partial charge < -0.3 is 13.9 Å². The predicted molar refractivity (Wildman–Crippen MR) is 102 cm³/mol. The van der Waals surface area contributed by atoms with Gasteiger partial charge in [-0.05, 0) is 55.2 Å². The van der Waals surface area contributed by atoms with Gasteiger partial charge in [0.05, 0.1) is 5.41 Å². The van der Waals surface area contributed by atoms with Gasteiger partial charge in [-0.25, -0.2) is 0 Å². The molecule has 140 valence electrons. The lowest BCUT2D eigenvalue weighted by Gasteiger charge is -2.34. The zero-order valence-corrected chi connectivity index (χ0v) is 15.9. The summed E-state index contributed by atoms with van der Waals surface area (Å²) in [6, 6.07) is 15.7. The molecule has 3 aromatic rings. The first-order valence-electron chi connectivity index (χ1n) is 9.02. The van der Waals surface area contributed by atoms with Crippen LogP contribution in [0.3, 0.4) is 0 Å². The molecule has 0 aliphatic carbocycles. The maximum atomic E-state index is 6.06. The van der Waals surface area contributed by atoms with Crippen LogP contribution in [0.15, 0.2) is 52.9 Å². The molecule has 27 heavy (non-hydrogen) atoms. The zero-order chi connectivity index (χ0) is 18.7. The standard InChI is InChI=1S/C21H21ClN2O3/c1-15-3-2-4-18(13-15)26-14-19-23-24-20(27-19)21(9-11-25-12-10-21)16-5-7-17(22)8-6-16/h2-8,13H,9-12,14H2,1H3. The Hall–Kier alpha value is -2.37. The van der Waals surface area contributed by atoms with Crippen LogP contribution in [-0.4, -0.2) is 23.4 Å². The molecule has 0 saturated carbocycles. The van der Waals surface area contributed by atoms with Crippen molar-refractivity contribution in [2.45, 2.75) is 31.8 Å². The molecule has 0 bridgehead atoms. The highest BCUT2D eigenvalue weighted by Crippen LogP contribution is 2.40. The molecule has 1 aliphatic heterocycles. The minimum Gasteiger partial charge on any atom is -0.484 e. The molecule has 2 aromatic carbocycles. The number of aryl methyl sites for hydroxylation is 1. The van der Waals surface area contributed by atoms with Crippen LogP contribution in [0, 0.1) is 6.92 Å². The van der Waals surface area contributed by atoms with Gasteiger partial charge in [0.1, 0.15) is 5.75 Å². The van der Waals surface area contributed by atoms with E-state index in [-0.39, 0.29) is 12.0 Å². The van der Waals surface area contributed by atoms with Gasteiger partial charge in [0, 0.05) is 18.2 Å². The fourth-order valence-electron chi connectivity index (χ4n) is 3.47. The second-order valence-corrected chi connectivity index (χ2v) is 7.24. The molecule has 0 unspecified atom stereocenters. The number of aromatic nitrogens is 2. The minimum atomic E-state index is -0.350. The van der Waals surface area contributed by atoms with Crippen LogP contribution < -0.4 is 4.74 Å². The third kappa shape index (κ3) is 3.84. The normalized spacial score (nSPS) is 16.2. The molecule has 2 heterocycles. The number of nitrogens with zero attached hydrogens (tertiary/aromatic N) is 2. The molecule has 0 amide bonds. The number of ether oxygens (including phenoxy) is 2. The topological polar surface area (TPSA) is 57.4 Å². The van der Waals surface area contributed by atoms with Crippen molar-refractivity contribution in [3.63, 3.8) is 0 Å². The van der Waals surface area contributed by atoms with Crippen molar-refractivity contribution in [1.29, 1.82) is 0 Å². The van der Waals surface area contributed by atoms with Gasteiger partial charge >= 0.3 is 0 Å². The Morgan fingerprint density at radius 3 is 2.59 bits per heavy atom. The van der Waals surface area contributed by atoms with E-state index in [0.717, 1.165) is 29.7 Å². The van der Waals surface area contributed by atoms with Gasteiger partial charge in [-0.3, -0.25) is 0 Å². The highest BCUT2D eigenvalue weighted by molar-refractivity contribution is 6.30. The maximum Gasteiger partial charge on any atom is 0.253 e. The molecule has 0 N–H and O–H groups in total. The lowest BCUT2D eigenvalue weighted by atomic mass is 9.74. The molecule has 4 rings (SSSR count). The fraction of sp³-hybridized carbons (Fsp3) is 0.333. The lowest BCUT2D eigenvalue weighted by Crippen LogP contribution is -2.35. The third-order valence-electron chi connectivity index (χ3n) is 4.97. The summed E-state index contributed by atoms with van der Waals surface area (Å²) in [5.41, 5.74) is 1.91. The van der Waals surface area contributed by atoms with Crippen molar-refractivity contribution in [3.8, 4) is 5.75 Å². The van der Waals surface area contributed by atoms with Crippen molar-refractivity contribution < 1.29 is 13.9 Å². The minimum absolute atomic E-state index is 0.240. The second kappa shape index (κ2) is 7.71. The lowest BCUT2D eigenvalue weighted by molar-refractivity contribution is 0.0536. The average Bonchev–Trinajstić information content (AvgIpc) is 3.17. The number of hydrogen-bond acceptors (Lipinski definition) is 5. The van der Waals surface area contributed by atoms with Gasteiger partial charge in [-0.1, -0.05) is 35.9 Å². The van der Waals surface area contributed by atoms with Crippen molar-refractivity contribution in [2.75, 3.05) is 13.2 Å². The first-order valence-corrected chi connectivity index (χ1v) is 9.40. The molecule has 1 saturated heterocycles. The van der Waals surface area contributed by atoms with E-state index in [1.54, 1.807) is 0 Å². The van der Waals surface area contributed by atoms with E-state index in [1.807, 2.05) is 55.5 Å². The summed E-state index contributed by atoms with van der Waals surface area (Å²) < 4.78 is 17.4. The summed E-state index contributed by atoms with van der Waals surface area (Å²) in [6.07, 6.45) is 1.57. The van der Waals surface area contributed by atoms with Crippen LogP contribution >= 0.6 is 11.6 Å². The van der Waals surface area contributed by atoms with E-state index >= 15 is 0 Å². The van der Waals surface area contributed by atoms with Crippen LogP contribution in [0.25, 0.3) is 0 Å². The molecule has 1 aliphatic rings. The maximum absolute atomic E-state index is 6.06. The smallest absolute Gasteiger partial charge is 0.253 e. The second-order valence-electron chi connectivity index (χ2n) is 6.81. The van der Waals surface area contributed by atoms with E-state index in [4.69, 9.17) is 25.5 Å². The average molecular weight is 385 g/mol. The Morgan fingerprint density at radius 2 is 1.85 bits per heavy atom. The summed E-state index contributed by atoms with van der Waals surface area (Å²) in [4.78, 5) is 0. The Labute approximate surface area is 163 Å². The van der Waals surface area contributed by atoms with E-state index < -0.39 is 0 Å². The quantitative estimate of drug-likeness (QED) is 0.637. The molecule has 0 spiro atoms. The number of benzene rings is 2. The monoisotopic (exact) mass is 384 g/mol. The van der Waals surface area contributed by atoms with E-state index in [0.29, 0.717) is 30.0 Å². The van der Waals surface area contributed by atoms with Crippen LogP contribution in [0.5, 0.6) is 5.75 Å². The number of rotatable bonds is 5. The molecule has 1 aromatic heterocycles. The Bertz CT molecular complexity index is 902. The number of hydrogen-bond donors (Lipinski definition) is 0. The largest absolute Gasteiger partial charge is 0.484 e. The van der Waals surface area contributed by atoms with Crippen molar-refractivity contribution in [2.24, 2.45) is 0 Å². The highest BCUT2D eigenvalue weighted by Gasteiger charge is 2.41. The fourth-order valence-corrected chi connectivity index (χ4v) is 3.60. The summed E-state index contributed by atoms with van der Waals surface area (Å²) in [6.45, 7) is 3.57. The van der Waals surface area contributed by atoms with Gasteiger partial charge in [0.25, 0.3) is 5.89 Å². The van der Waals surface area contributed by atoms with Crippen molar-refractivity contribution in [3.05, 3.63) is 76.5 Å². The summed E-state index contributed by atoms with van der Waals surface area (Å²) in [5, 5.41) is 9.27. The van der Waals surface area contributed by atoms with Gasteiger partial charge in [0.15, 0.2) is 6.61 Å². The van der Waals surface area contributed by atoms with Crippen LogP contribution in [0.2, 0.25) is 5.02 Å². The molecule has 6 heteroatoms. The van der Waals surface area contributed by atoms with Crippen LogP contribution in [-0.2, 0) is 16.8 Å². The highest BCUT2D eigenvalue weighted by atomic mass is 35.5. The Balaban J connectivity index is 1.57. The van der Waals surface area contributed by atoms with E-state index in [9.17, 15) is 0 Å². The Kier molecular flexibility index (Phi) is 5.14. The predicted octanol–water partition coefficient (Wildman–Crippen LogP) is 4.71. The van der Waals surface area contributed by atoms with Crippen LogP contribution in [0.4, 0.5) is 0 Å². The van der Waals surface area contributed by atoms with Gasteiger partial charge in [-0.2, -0.15) is 0 Å². The molecular weight excluding hydrogens is 364 g/mol. The van der Waals surface area contributed by atoms with Gasteiger partial charge in [-0.15, -0.1) is 10.2 Å². The summed E-state index contributed by atoms with van der Waals surface area (Å²) in [5.74, 6) is 1.86. The Morgan fingerprint density at radius 1 is 1.07 bits per heavy atom. The van der Waals surface area contributed by atoms with Gasteiger partial charge in [0.2, 0.25) is 5.89 Å². The van der Waals surface area contributed by atoms with E-state index in [1.165, 1.54) is 0 Å². The van der Waals surface area contributed by atoms with Crippen molar-refractivity contribution >= 4 is 11.6 Å². The zero-order valence-electron chi connectivity index (χ0n) is 15.2. The first-order chi connectivity index (χ1) is 13.2. The van der Waals surface area contributed by atoms with Crippen LogP contribution in [0.1, 0.15) is 35.7 Å².